The van der Waals surface area contributed by atoms with Gasteiger partial charge in [0.05, 0.1) is 6.42 Å². The summed E-state index contributed by atoms with van der Waals surface area (Å²) in [6, 6.07) is 16.5. The second kappa shape index (κ2) is 10.3. The van der Waals surface area contributed by atoms with Crippen LogP contribution in [-0.2, 0) is 17.8 Å². The summed E-state index contributed by atoms with van der Waals surface area (Å²) in [5.41, 5.74) is 8.74. The lowest BCUT2D eigenvalue weighted by Crippen LogP contribution is -2.22. The van der Waals surface area contributed by atoms with Crippen LogP contribution < -0.4 is 10.5 Å². The fraction of sp³-hybridized carbons (Fsp3) is 0.231. The summed E-state index contributed by atoms with van der Waals surface area (Å²) in [6.07, 6.45) is -0.171. The lowest BCUT2D eigenvalue weighted by Gasteiger charge is -2.16. The van der Waals surface area contributed by atoms with Crippen LogP contribution in [-0.4, -0.2) is 36.0 Å². The second-order valence-corrected chi connectivity index (χ2v) is 8.08. The lowest BCUT2D eigenvalue weighted by atomic mass is 9.96. The minimum Gasteiger partial charge on any atom is -0.489 e. The van der Waals surface area contributed by atoms with Gasteiger partial charge >= 0.3 is 5.97 Å². The topological polar surface area (TPSA) is 92.9 Å². The molecule has 0 radical (unpaired) electrons. The highest BCUT2D eigenvalue weighted by Gasteiger charge is 2.17. The third-order valence-electron chi connectivity index (χ3n) is 5.18. The Bertz CT molecular complexity index is 1170. The quantitative estimate of drug-likeness (QED) is 0.530. The normalized spacial score (nSPS) is 11.7. The molecule has 33 heavy (non-hydrogen) atoms. The number of nitrogens with zero attached hydrogens (tertiary/aromatic N) is 1. The van der Waals surface area contributed by atoms with E-state index in [-0.39, 0.29) is 18.9 Å². The predicted octanol–water partition coefficient (Wildman–Crippen LogP) is 4.42. The van der Waals surface area contributed by atoms with E-state index in [0.717, 1.165) is 0 Å². The predicted molar refractivity (Wildman–Crippen MR) is 125 cm³/mol. The van der Waals surface area contributed by atoms with Gasteiger partial charge in [-0.15, -0.1) is 0 Å². The molecule has 0 saturated carbocycles. The van der Waals surface area contributed by atoms with Crippen LogP contribution in [0.4, 0.5) is 4.39 Å². The fourth-order valence-electron chi connectivity index (χ4n) is 3.55. The minimum atomic E-state index is -0.962. The number of nitrogens with two attached hydrogens (primary N) is 1. The van der Waals surface area contributed by atoms with E-state index in [2.05, 4.69) is 0 Å². The maximum Gasteiger partial charge on any atom is 0.307 e. The average Bonchev–Trinajstić information content (AvgIpc) is 2.77. The number of ether oxygens (including phenoxy) is 1. The van der Waals surface area contributed by atoms with Crippen molar-refractivity contribution in [1.82, 2.24) is 4.90 Å². The second-order valence-electron chi connectivity index (χ2n) is 8.08. The monoisotopic (exact) mass is 450 g/mol. The molecule has 0 aliphatic heterocycles. The van der Waals surface area contributed by atoms with E-state index in [1.807, 2.05) is 0 Å². The van der Waals surface area contributed by atoms with E-state index in [4.69, 9.17) is 15.6 Å². The van der Waals surface area contributed by atoms with Crippen molar-refractivity contribution in [2.45, 2.75) is 26.0 Å². The first-order valence-corrected chi connectivity index (χ1v) is 10.5. The molecule has 7 heteroatoms. The van der Waals surface area contributed by atoms with Gasteiger partial charge in [0.25, 0.3) is 5.91 Å². The highest BCUT2D eigenvalue weighted by molar-refractivity contribution is 5.95. The maximum absolute atomic E-state index is 15.2. The Balaban J connectivity index is 2.02. The van der Waals surface area contributed by atoms with Crippen molar-refractivity contribution in [1.29, 1.82) is 0 Å². The molecule has 172 valence electrons. The Kier molecular flexibility index (Phi) is 7.45. The maximum atomic E-state index is 15.2. The van der Waals surface area contributed by atoms with E-state index >= 15 is 4.39 Å². The molecule has 0 fully saturated rings. The van der Waals surface area contributed by atoms with Crippen molar-refractivity contribution in [3.05, 3.63) is 88.7 Å². The number of hydrogen-bond donors (Lipinski definition) is 2. The molecule has 1 amide bonds. The number of benzene rings is 3. The van der Waals surface area contributed by atoms with Gasteiger partial charge in [0, 0.05) is 42.4 Å². The third-order valence-corrected chi connectivity index (χ3v) is 5.18. The summed E-state index contributed by atoms with van der Waals surface area (Å²) < 4.78 is 21.1. The van der Waals surface area contributed by atoms with Crippen molar-refractivity contribution in [3.8, 4) is 16.9 Å². The first-order chi connectivity index (χ1) is 15.7. The van der Waals surface area contributed by atoms with Crippen molar-refractivity contribution in [2.24, 2.45) is 5.73 Å². The summed E-state index contributed by atoms with van der Waals surface area (Å²) in [5, 5.41) is 9.13. The molecule has 0 heterocycles. The van der Waals surface area contributed by atoms with Crippen LogP contribution in [0.15, 0.2) is 60.7 Å². The van der Waals surface area contributed by atoms with Crippen molar-refractivity contribution < 1.29 is 23.8 Å². The number of para-hydroxylation sites is 1. The van der Waals surface area contributed by atoms with Crippen LogP contribution in [0.1, 0.15) is 40.0 Å². The molecule has 3 rings (SSSR count). The third kappa shape index (κ3) is 5.75. The number of amides is 1. The van der Waals surface area contributed by atoms with E-state index in [1.165, 1.54) is 4.90 Å². The van der Waals surface area contributed by atoms with Crippen molar-refractivity contribution in [2.75, 3.05) is 14.1 Å². The molecule has 0 aromatic heterocycles. The molecule has 0 aliphatic carbocycles. The molecular formula is C26H27FN2O4. The van der Waals surface area contributed by atoms with E-state index in [0.29, 0.717) is 39.1 Å². The zero-order valence-electron chi connectivity index (χ0n) is 18.8. The molecule has 0 saturated heterocycles. The average molecular weight is 451 g/mol. The van der Waals surface area contributed by atoms with Crippen molar-refractivity contribution >= 4 is 11.9 Å². The van der Waals surface area contributed by atoms with Crippen LogP contribution in [0.2, 0.25) is 0 Å². The van der Waals surface area contributed by atoms with Gasteiger partial charge in [-0.25, -0.2) is 4.39 Å². The number of hydrogen-bond acceptors (Lipinski definition) is 4. The zero-order chi connectivity index (χ0) is 24.1. The minimum absolute atomic E-state index is 0.0762. The van der Waals surface area contributed by atoms with E-state index in [1.54, 1.807) is 81.7 Å². The standard InChI is InChI=1S/C26H27FN2O4/c1-16(28)21-8-6-9-22(25(21)27)19-11-17(12-20(13-19)26(32)29(2)3)15-33-23-10-5-4-7-18(23)14-24(30)31/h4-13,16H,14-15,28H2,1-3H3,(H,30,31). The van der Waals surface area contributed by atoms with Crippen LogP contribution in [0.5, 0.6) is 5.75 Å². The SMILES string of the molecule is CC(N)c1cccc(-c2cc(COc3ccccc3CC(=O)O)cc(C(=O)N(C)C)c2)c1F. The Labute approximate surface area is 192 Å². The number of rotatable bonds is 8. The molecular weight excluding hydrogens is 423 g/mol. The molecule has 0 aliphatic rings. The molecule has 0 spiro atoms. The summed E-state index contributed by atoms with van der Waals surface area (Å²) in [6.45, 7) is 1.79. The smallest absolute Gasteiger partial charge is 0.307 e. The highest BCUT2D eigenvalue weighted by atomic mass is 19.1. The van der Waals surface area contributed by atoms with Crippen LogP contribution in [0.25, 0.3) is 11.1 Å². The lowest BCUT2D eigenvalue weighted by molar-refractivity contribution is -0.136. The largest absolute Gasteiger partial charge is 0.489 e. The van der Waals surface area contributed by atoms with Gasteiger partial charge < -0.3 is 20.5 Å². The summed E-state index contributed by atoms with van der Waals surface area (Å²) in [7, 11) is 3.29. The van der Waals surface area contributed by atoms with Gasteiger partial charge in [-0.1, -0.05) is 36.4 Å². The van der Waals surface area contributed by atoms with Crippen LogP contribution >= 0.6 is 0 Å². The number of aliphatic carboxylic acids is 1. The van der Waals surface area contributed by atoms with Gasteiger partial charge in [0.2, 0.25) is 0 Å². The molecule has 3 N–H and O–H groups in total. The Morgan fingerprint density at radius 1 is 1.09 bits per heavy atom. The van der Waals surface area contributed by atoms with Gasteiger partial charge in [0.15, 0.2) is 0 Å². The molecule has 1 atom stereocenters. The fourth-order valence-corrected chi connectivity index (χ4v) is 3.55. The molecule has 3 aromatic rings. The van der Waals surface area contributed by atoms with Gasteiger partial charge in [0.1, 0.15) is 18.2 Å². The molecule has 3 aromatic carbocycles. The highest BCUT2D eigenvalue weighted by Crippen LogP contribution is 2.30. The van der Waals surface area contributed by atoms with Gasteiger partial charge in [-0.2, -0.15) is 0 Å². The van der Waals surface area contributed by atoms with Crippen LogP contribution in [0.3, 0.4) is 0 Å². The Morgan fingerprint density at radius 2 is 1.82 bits per heavy atom. The van der Waals surface area contributed by atoms with Crippen molar-refractivity contribution in [3.63, 3.8) is 0 Å². The number of carboxylic acid groups (broad SMARTS) is 1. The molecule has 6 nitrogen and oxygen atoms in total. The van der Waals surface area contributed by atoms with Gasteiger partial charge in [-0.05, 0) is 42.3 Å². The number of carbonyl (C=O) groups excluding carboxylic acids is 1. The summed E-state index contributed by atoms with van der Waals surface area (Å²) in [5.74, 6) is -1.18. The number of halogens is 1. The first kappa shape index (κ1) is 23.9. The molecule has 0 bridgehead atoms. The van der Waals surface area contributed by atoms with Crippen LogP contribution in [0, 0.1) is 5.82 Å². The van der Waals surface area contributed by atoms with Gasteiger partial charge in [-0.3, -0.25) is 9.59 Å². The first-order valence-electron chi connectivity index (χ1n) is 10.5. The zero-order valence-corrected chi connectivity index (χ0v) is 18.8. The number of carbonyl (C=O) groups is 2. The summed E-state index contributed by atoms with van der Waals surface area (Å²) >= 11 is 0. The Morgan fingerprint density at radius 3 is 2.48 bits per heavy atom. The molecule has 1 unspecified atom stereocenters. The Hall–Kier alpha value is -3.71. The van der Waals surface area contributed by atoms with E-state index in [9.17, 15) is 9.59 Å². The van der Waals surface area contributed by atoms with E-state index < -0.39 is 17.8 Å². The summed E-state index contributed by atoms with van der Waals surface area (Å²) in [4.78, 5) is 25.3. The number of carboxylic acids is 1.